The van der Waals surface area contributed by atoms with Gasteiger partial charge in [-0.1, -0.05) is 0 Å². The molecular formula is C22H37N3O3. The van der Waals surface area contributed by atoms with Crippen molar-refractivity contribution in [1.29, 1.82) is 0 Å². The first-order chi connectivity index (χ1) is 13.3. The Labute approximate surface area is 170 Å². The van der Waals surface area contributed by atoms with Crippen molar-refractivity contribution < 1.29 is 14.3 Å². The van der Waals surface area contributed by atoms with E-state index < -0.39 is 0 Å². The van der Waals surface area contributed by atoms with Crippen LogP contribution in [0, 0.1) is 0 Å². The molecule has 0 N–H and O–H groups in total. The van der Waals surface area contributed by atoms with E-state index in [4.69, 9.17) is 9.47 Å². The summed E-state index contributed by atoms with van der Waals surface area (Å²) in [5.41, 5.74) is 1.13. The molecule has 0 saturated carbocycles. The van der Waals surface area contributed by atoms with Crippen LogP contribution in [0.4, 0.5) is 0 Å². The number of nitrogens with zero attached hydrogens (tertiary/aromatic N) is 3. The van der Waals surface area contributed by atoms with Crippen LogP contribution in [0.15, 0.2) is 18.2 Å². The van der Waals surface area contributed by atoms with Gasteiger partial charge in [-0.05, 0) is 52.8 Å². The maximum Gasteiger partial charge on any atom is 0.240 e. The predicted molar refractivity (Wildman–Crippen MR) is 113 cm³/mol. The van der Waals surface area contributed by atoms with Gasteiger partial charge in [0.2, 0.25) is 5.91 Å². The van der Waals surface area contributed by atoms with Crippen LogP contribution >= 0.6 is 0 Å². The van der Waals surface area contributed by atoms with Crippen LogP contribution in [0.3, 0.4) is 0 Å². The second-order valence-corrected chi connectivity index (χ2v) is 8.10. The molecule has 0 radical (unpaired) electrons. The van der Waals surface area contributed by atoms with E-state index in [1.54, 1.807) is 14.2 Å². The predicted octanol–water partition coefficient (Wildman–Crippen LogP) is 2.86. The zero-order valence-corrected chi connectivity index (χ0v) is 18.6. The van der Waals surface area contributed by atoms with E-state index in [1.165, 1.54) is 0 Å². The fraction of sp³-hybridized carbons (Fsp3) is 0.682. The lowest BCUT2D eigenvalue weighted by atomic mass is 10.1. The van der Waals surface area contributed by atoms with Gasteiger partial charge >= 0.3 is 0 Å². The molecular weight excluding hydrogens is 354 g/mol. The molecule has 1 heterocycles. The van der Waals surface area contributed by atoms with Gasteiger partial charge in [0.1, 0.15) is 11.5 Å². The van der Waals surface area contributed by atoms with E-state index in [9.17, 15) is 4.79 Å². The molecule has 1 aliphatic heterocycles. The summed E-state index contributed by atoms with van der Waals surface area (Å²) < 4.78 is 10.9. The fourth-order valence-electron chi connectivity index (χ4n) is 4.03. The number of carbonyl (C=O) groups is 1. The van der Waals surface area contributed by atoms with Gasteiger partial charge in [0, 0.05) is 50.4 Å². The maximum absolute atomic E-state index is 13.0. The van der Waals surface area contributed by atoms with Crippen LogP contribution in [0.2, 0.25) is 0 Å². The fourth-order valence-corrected chi connectivity index (χ4v) is 4.03. The van der Waals surface area contributed by atoms with Gasteiger partial charge in [-0.2, -0.15) is 0 Å². The van der Waals surface area contributed by atoms with Crippen molar-refractivity contribution in [1.82, 2.24) is 14.7 Å². The number of amides is 1. The summed E-state index contributed by atoms with van der Waals surface area (Å²) in [5, 5.41) is 0. The highest BCUT2D eigenvalue weighted by Crippen LogP contribution is 2.26. The molecule has 1 saturated heterocycles. The third kappa shape index (κ3) is 5.39. The van der Waals surface area contributed by atoms with E-state index in [0.29, 0.717) is 0 Å². The van der Waals surface area contributed by atoms with Crippen molar-refractivity contribution in [3.05, 3.63) is 23.8 Å². The van der Waals surface area contributed by atoms with E-state index in [0.717, 1.165) is 49.8 Å². The second kappa shape index (κ2) is 10.1. The lowest BCUT2D eigenvalue weighted by molar-refractivity contribution is -0.140. The molecule has 158 valence electrons. The monoisotopic (exact) mass is 391 g/mol. The molecule has 0 bridgehead atoms. The van der Waals surface area contributed by atoms with Gasteiger partial charge in [0.05, 0.1) is 20.3 Å². The molecule has 1 aromatic rings. The first-order valence-corrected chi connectivity index (χ1v) is 10.3. The first kappa shape index (κ1) is 22.5. The highest BCUT2D eigenvalue weighted by Gasteiger charge is 2.31. The van der Waals surface area contributed by atoms with Crippen molar-refractivity contribution in [2.24, 2.45) is 0 Å². The van der Waals surface area contributed by atoms with Crippen molar-refractivity contribution >= 4 is 5.91 Å². The largest absolute Gasteiger partial charge is 0.497 e. The van der Waals surface area contributed by atoms with Gasteiger partial charge in [0.25, 0.3) is 0 Å². The van der Waals surface area contributed by atoms with Crippen LogP contribution in [0.25, 0.3) is 0 Å². The Balaban J connectivity index is 1.96. The SMILES string of the molecule is COc1ccc(OC)c(CN2CCN(C(C)C(=O)N(C(C)C)C(C)C)CC2)c1. The second-order valence-electron chi connectivity index (χ2n) is 8.10. The molecule has 0 aliphatic carbocycles. The number of hydrogen-bond donors (Lipinski definition) is 0. The molecule has 28 heavy (non-hydrogen) atoms. The minimum Gasteiger partial charge on any atom is -0.497 e. The zero-order valence-electron chi connectivity index (χ0n) is 18.6. The van der Waals surface area contributed by atoms with Gasteiger partial charge < -0.3 is 14.4 Å². The Morgan fingerprint density at radius 1 is 1.00 bits per heavy atom. The molecule has 1 aromatic carbocycles. The van der Waals surface area contributed by atoms with Crippen LogP contribution < -0.4 is 9.47 Å². The topological polar surface area (TPSA) is 45.3 Å². The van der Waals surface area contributed by atoms with Crippen molar-refractivity contribution in [2.45, 2.75) is 59.3 Å². The van der Waals surface area contributed by atoms with Crippen molar-refractivity contribution in [3.63, 3.8) is 0 Å². The molecule has 2 rings (SSSR count). The molecule has 6 nitrogen and oxygen atoms in total. The van der Waals surface area contributed by atoms with Crippen LogP contribution in [-0.2, 0) is 11.3 Å². The summed E-state index contributed by atoms with van der Waals surface area (Å²) >= 11 is 0. The number of piperazine rings is 1. The van der Waals surface area contributed by atoms with Gasteiger partial charge in [-0.15, -0.1) is 0 Å². The van der Waals surface area contributed by atoms with Gasteiger partial charge in [-0.25, -0.2) is 0 Å². The lowest BCUT2D eigenvalue weighted by Gasteiger charge is -2.41. The lowest BCUT2D eigenvalue weighted by Crippen LogP contribution is -2.56. The number of rotatable bonds is 8. The summed E-state index contributed by atoms with van der Waals surface area (Å²) in [6.45, 7) is 14.9. The summed E-state index contributed by atoms with van der Waals surface area (Å²) in [5.74, 6) is 1.96. The average molecular weight is 392 g/mol. The molecule has 1 atom stereocenters. The Kier molecular flexibility index (Phi) is 8.13. The molecule has 1 amide bonds. The third-order valence-electron chi connectivity index (χ3n) is 5.56. The van der Waals surface area contributed by atoms with Crippen LogP contribution in [0.5, 0.6) is 11.5 Å². The highest BCUT2D eigenvalue weighted by atomic mass is 16.5. The average Bonchev–Trinajstić information content (AvgIpc) is 2.67. The van der Waals surface area contributed by atoms with E-state index in [1.807, 2.05) is 30.0 Å². The third-order valence-corrected chi connectivity index (χ3v) is 5.56. The van der Waals surface area contributed by atoms with E-state index in [2.05, 4.69) is 37.5 Å². The molecule has 0 spiro atoms. The number of carbonyl (C=O) groups excluding carboxylic acids is 1. The summed E-state index contributed by atoms with van der Waals surface area (Å²) in [7, 11) is 3.38. The Morgan fingerprint density at radius 3 is 2.11 bits per heavy atom. The number of benzene rings is 1. The van der Waals surface area contributed by atoms with Crippen LogP contribution in [0.1, 0.15) is 40.2 Å². The van der Waals surface area contributed by atoms with Crippen molar-refractivity contribution in [2.75, 3.05) is 40.4 Å². The summed E-state index contributed by atoms with van der Waals surface area (Å²) in [6, 6.07) is 6.27. The Bertz CT molecular complexity index is 632. The summed E-state index contributed by atoms with van der Waals surface area (Å²) in [4.78, 5) is 19.7. The van der Waals surface area contributed by atoms with Gasteiger partial charge in [0.15, 0.2) is 0 Å². The van der Waals surface area contributed by atoms with Gasteiger partial charge in [-0.3, -0.25) is 14.6 Å². The van der Waals surface area contributed by atoms with Crippen LogP contribution in [-0.4, -0.2) is 79.1 Å². The molecule has 1 aliphatic rings. The zero-order chi connectivity index (χ0) is 20.8. The van der Waals surface area contributed by atoms with Crippen molar-refractivity contribution in [3.8, 4) is 11.5 Å². The quantitative estimate of drug-likeness (QED) is 0.682. The highest BCUT2D eigenvalue weighted by molar-refractivity contribution is 5.82. The molecule has 1 unspecified atom stereocenters. The standard InChI is InChI=1S/C22H37N3O3/c1-16(2)25(17(3)4)22(26)18(5)24-12-10-23(11-13-24)15-19-14-20(27-6)8-9-21(19)28-7/h8-9,14,16-18H,10-13,15H2,1-7H3. The molecule has 1 fully saturated rings. The van der Waals surface area contributed by atoms with E-state index in [-0.39, 0.29) is 24.0 Å². The number of ether oxygens (including phenoxy) is 2. The Morgan fingerprint density at radius 2 is 1.61 bits per heavy atom. The first-order valence-electron chi connectivity index (χ1n) is 10.3. The maximum atomic E-state index is 13.0. The number of methoxy groups -OCH3 is 2. The Hall–Kier alpha value is -1.79. The minimum atomic E-state index is -0.0849. The molecule has 6 heteroatoms. The molecule has 0 aromatic heterocycles. The van der Waals surface area contributed by atoms with E-state index >= 15 is 0 Å². The smallest absolute Gasteiger partial charge is 0.240 e. The normalized spacial score (nSPS) is 17.0. The number of hydrogen-bond acceptors (Lipinski definition) is 5. The summed E-state index contributed by atoms with van der Waals surface area (Å²) in [6.07, 6.45) is 0. The minimum absolute atomic E-state index is 0.0849.